The number of aliphatic hydroxyl groups is 1. The van der Waals surface area contributed by atoms with Crippen LogP contribution in [0.4, 0.5) is 8.78 Å². The Balaban J connectivity index is 1.37. The van der Waals surface area contributed by atoms with E-state index in [0.29, 0.717) is 37.1 Å². The number of imide groups is 1. The number of primary amides is 1. The van der Waals surface area contributed by atoms with E-state index in [1.807, 2.05) is 55.7 Å². The molecule has 7 N–H and O–H groups in total. The summed E-state index contributed by atoms with van der Waals surface area (Å²) < 4.78 is 31.4. The van der Waals surface area contributed by atoms with Crippen LogP contribution in [-0.2, 0) is 44.9 Å². The normalized spacial score (nSPS) is 14.3. The molecule has 0 unspecified atom stereocenters. The zero-order valence-electron chi connectivity index (χ0n) is 37.9. The zero-order valence-corrected chi connectivity index (χ0v) is 37.9. The third kappa shape index (κ3) is 14.9. The number of halogens is 2. The van der Waals surface area contributed by atoms with Crippen molar-refractivity contribution >= 4 is 47.3 Å². The topological polar surface area (TPSA) is 242 Å². The van der Waals surface area contributed by atoms with Gasteiger partial charge >= 0.3 is 0 Å². The van der Waals surface area contributed by atoms with Crippen LogP contribution in [0.3, 0.4) is 0 Å². The summed E-state index contributed by atoms with van der Waals surface area (Å²) in [6, 6.07) is 9.85. The third-order valence-electron chi connectivity index (χ3n) is 10.9. The maximum absolute atomic E-state index is 15.1. The van der Waals surface area contributed by atoms with Gasteiger partial charge in [-0.15, -0.1) is 0 Å². The lowest BCUT2D eigenvalue weighted by Crippen LogP contribution is -2.56. The molecule has 1 aliphatic rings. The summed E-state index contributed by atoms with van der Waals surface area (Å²) in [6.45, 7) is 8.11. The van der Waals surface area contributed by atoms with Crippen molar-refractivity contribution in [2.24, 2.45) is 11.1 Å². The number of carbonyl (C=O) groups is 8. The fourth-order valence-electron chi connectivity index (χ4n) is 7.56. The molecule has 356 valence electrons. The second-order valence-corrected chi connectivity index (χ2v) is 17.3. The fourth-order valence-corrected chi connectivity index (χ4v) is 7.56. The molecule has 0 aliphatic carbocycles. The van der Waals surface area contributed by atoms with Crippen LogP contribution in [0.25, 0.3) is 11.1 Å². The molecule has 0 bridgehead atoms. The van der Waals surface area contributed by atoms with Crippen LogP contribution in [-0.4, -0.2) is 111 Å². The van der Waals surface area contributed by atoms with Crippen LogP contribution in [0.2, 0.25) is 0 Å². The maximum Gasteiger partial charge on any atom is 0.253 e. The molecule has 0 saturated carbocycles. The van der Waals surface area contributed by atoms with Crippen LogP contribution in [0.5, 0.6) is 0 Å². The van der Waals surface area contributed by atoms with Gasteiger partial charge in [-0.1, -0.05) is 57.5 Å². The number of aromatic nitrogens is 1. The Morgan fingerprint density at radius 3 is 2.11 bits per heavy atom. The largest absolute Gasteiger partial charge is 0.387 e. The number of hydrogen-bond acceptors (Lipinski definition) is 9. The number of hydrogen-bond donors (Lipinski definition) is 6. The Kier molecular flexibility index (Phi) is 18.8. The van der Waals surface area contributed by atoms with E-state index in [-0.39, 0.29) is 49.9 Å². The number of nitrogens with zero attached hydrogens (tertiary/aromatic N) is 3. The zero-order chi connectivity index (χ0) is 48.7. The summed E-state index contributed by atoms with van der Waals surface area (Å²) in [5, 5.41) is 20.3. The molecule has 66 heavy (non-hydrogen) atoms. The molecule has 4 rings (SSSR count). The summed E-state index contributed by atoms with van der Waals surface area (Å²) in [7, 11) is 0. The highest BCUT2D eigenvalue weighted by molar-refractivity contribution is 6.12. The first-order valence-corrected chi connectivity index (χ1v) is 21.8. The molecule has 0 saturated heterocycles. The van der Waals surface area contributed by atoms with Gasteiger partial charge in [-0.25, -0.2) is 8.78 Å². The van der Waals surface area contributed by atoms with Crippen LogP contribution in [0.1, 0.15) is 90.4 Å². The predicted molar refractivity (Wildman–Crippen MR) is 239 cm³/mol. The summed E-state index contributed by atoms with van der Waals surface area (Å²) in [5.74, 6) is -6.27. The first-order chi connectivity index (χ1) is 31.2. The molecule has 17 nitrogen and oxygen atoms in total. The van der Waals surface area contributed by atoms with Gasteiger partial charge in [0.25, 0.3) is 11.8 Å². The number of aliphatic hydroxyl groups excluding tert-OH is 1. The molecule has 19 heteroatoms. The first kappa shape index (κ1) is 51.9. The van der Waals surface area contributed by atoms with E-state index < -0.39 is 89.7 Å². The number of benzene rings is 2. The van der Waals surface area contributed by atoms with Gasteiger partial charge in [0, 0.05) is 67.8 Å². The van der Waals surface area contributed by atoms with Crippen molar-refractivity contribution in [1.29, 1.82) is 0 Å². The monoisotopic (exact) mass is 918 g/mol. The Hall–Kier alpha value is -6.76. The van der Waals surface area contributed by atoms with Crippen molar-refractivity contribution in [2.75, 3.05) is 26.2 Å². The number of nitrogens with one attached hydrogen (secondary N) is 4. The SMILES string of the molecule is C[C@H](NC(=O)CCCCCN1C(=O)C=CC1=O)C(=O)N[C@@H](C)C(=O)N[C@@H](CC(N)=O)C(=O)NCCCN(C(=O)CO)[C@@H](c1cc(-c2cc(F)ccc2F)cn1Cc1ccccc1)C(C)(C)C. The Bertz CT molecular complexity index is 2260. The summed E-state index contributed by atoms with van der Waals surface area (Å²) in [6.07, 6.45) is 5.22. The molecule has 0 spiro atoms. The Morgan fingerprint density at radius 1 is 0.818 bits per heavy atom. The van der Waals surface area contributed by atoms with E-state index in [1.165, 1.54) is 30.9 Å². The van der Waals surface area contributed by atoms with Crippen molar-refractivity contribution < 1.29 is 52.2 Å². The lowest BCUT2D eigenvalue weighted by molar-refractivity contribution is -0.140. The molecular weight excluding hydrogens is 859 g/mol. The van der Waals surface area contributed by atoms with E-state index >= 15 is 4.39 Å². The highest BCUT2D eigenvalue weighted by Crippen LogP contribution is 2.41. The minimum absolute atomic E-state index is 0.00735. The molecular formula is C47H60F2N8O9. The molecule has 2 heterocycles. The van der Waals surface area contributed by atoms with Crippen molar-refractivity contribution in [3.8, 4) is 11.1 Å². The second kappa shape index (κ2) is 24.0. The van der Waals surface area contributed by atoms with Gasteiger partial charge in [0.1, 0.15) is 36.4 Å². The third-order valence-corrected chi connectivity index (χ3v) is 10.9. The van der Waals surface area contributed by atoms with E-state index in [4.69, 9.17) is 5.73 Å². The van der Waals surface area contributed by atoms with Crippen LogP contribution >= 0.6 is 0 Å². The Morgan fingerprint density at radius 2 is 1.47 bits per heavy atom. The number of carbonyl (C=O) groups excluding carboxylic acids is 8. The molecule has 0 radical (unpaired) electrons. The molecule has 0 fully saturated rings. The molecule has 2 aromatic carbocycles. The number of amides is 8. The quantitative estimate of drug-likeness (QED) is 0.0571. The standard InChI is InChI=1S/C47H60F2N8O9/c1-29(52-39(60)15-10-7-11-21-56-40(61)18-19-41(56)62)44(64)53-30(2)45(65)54-36(25-38(50)59)46(66)51-20-12-22-57(42(63)28-58)43(47(3,4)5)37-23-32(34-24-33(48)16-17-35(34)49)27-55(37)26-31-13-8-6-9-14-31/h6,8-9,13-14,16-19,23-24,27,29-30,36,43,58H,7,10-12,15,20-22,25-26,28H2,1-5H3,(H2,50,59)(H,51,66)(H,52,60)(H,53,64)(H,54,65)/t29-,30-,36-,43-/m0/s1. The minimum atomic E-state index is -1.44. The van der Waals surface area contributed by atoms with Gasteiger partial charge in [0.2, 0.25) is 35.4 Å². The highest BCUT2D eigenvalue weighted by Gasteiger charge is 2.37. The number of rotatable bonds is 24. The molecule has 1 aromatic heterocycles. The Labute approximate surface area is 382 Å². The lowest BCUT2D eigenvalue weighted by Gasteiger charge is -2.41. The average molecular weight is 919 g/mol. The molecule has 3 aromatic rings. The van der Waals surface area contributed by atoms with Gasteiger partial charge in [-0.3, -0.25) is 43.3 Å². The molecule has 1 aliphatic heterocycles. The number of unbranched alkanes of at least 4 members (excludes halogenated alkanes) is 2. The van der Waals surface area contributed by atoms with E-state index in [9.17, 15) is 47.9 Å². The fraction of sp³-hybridized carbons (Fsp3) is 0.447. The predicted octanol–water partition coefficient (Wildman–Crippen LogP) is 2.75. The van der Waals surface area contributed by atoms with Crippen molar-refractivity contribution in [3.63, 3.8) is 0 Å². The van der Waals surface area contributed by atoms with Gasteiger partial charge in [-0.05, 0) is 68.4 Å². The van der Waals surface area contributed by atoms with Gasteiger partial charge in [0.05, 0.1) is 12.5 Å². The van der Waals surface area contributed by atoms with Gasteiger partial charge in [0.15, 0.2) is 0 Å². The highest BCUT2D eigenvalue weighted by atomic mass is 19.1. The molecule has 8 amide bonds. The van der Waals surface area contributed by atoms with Crippen molar-refractivity contribution in [2.45, 2.75) is 104 Å². The minimum Gasteiger partial charge on any atom is -0.387 e. The van der Waals surface area contributed by atoms with Crippen molar-refractivity contribution in [3.05, 3.63) is 95.8 Å². The van der Waals surface area contributed by atoms with Crippen LogP contribution in [0.15, 0.2) is 72.9 Å². The van der Waals surface area contributed by atoms with Gasteiger partial charge in [-0.2, -0.15) is 0 Å². The smallest absolute Gasteiger partial charge is 0.253 e. The van der Waals surface area contributed by atoms with Crippen LogP contribution < -0.4 is 27.0 Å². The second-order valence-electron chi connectivity index (χ2n) is 17.3. The lowest BCUT2D eigenvalue weighted by atomic mass is 9.83. The van der Waals surface area contributed by atoms with Gasteiger partial charge < -0.3 is 41.6 Å². The van der Waals surface area contributed by atoms with Crippen molar-refractivity contribution in [1.82, 2.24) is 35.6 Å². The maximum atomic E-state index is 15.1. The molecule has 4 atom stereocenters. The van der Waals surface area contributed by atoms with E-state index in [2.05, 4.69) is 21.3 Å². The van der Waals surface area contributed by atoms with E-state index in [0.717, 1.165) is 28.7 Å². The van der Waals surface area contributed by atoms with Crippen LogP contribution in [0, 0.1) is 17.0 Å². The summed E-state index contributed by atoms with van der Waals surface area (Å²) in [5.41, 5.74) is 6.60. The average Bonchev–Trinajstić information content (AvgIpc) is 3.81. The summed E-state index contributed by atoms with van der Waals surface area (Å²) >= 11 is 0. The first-order valence-electron chi connectivity index (χ1n) is 21.8. The summed E-state index contributed by atoms with van der Waals surface area (Å²) in [4.78, 5) is 103. The van der Waals surface area contributed by atoms with E-state index in [1.54, 1.807) is 12.3 Å². The number of nitrogens with two attached hydrogens (primary N) is 1.